The van der Waals surface area contributed by atoms with Gasteiger partial charge in [-0.2, -0.15) is 5.26 Å². The molecule has 0 saturated heterocycles. The maximum absolute atomic E-state index is 11.5. The first-order valence-corrected chi connectivity index (χ1v) is 6.15. The van der Waals surface area contributed by atoms with Gasteiger partial charge in [-0.3, -0.25) is 0 Å². The molecule has 0 fully saturated rings. The molecule has 0 aromatic heterocycles. The lowest BCUT2D eigenvalue weighted by Crippen LogP contribution is -2.19. The molecule has 0 heterocycles. The number of ether oxygens (including phenoxy) is 1. The molecule has 0 aliphatic heterocycles. The van der Waals surface area contributed by atoms with Crippen LogP contribution in [0.15, 0.2) is 29.4 Å². The van der Waals surface area contributed by atoms with Crippen LogP contribution in [0.5, 0.6) is 0 Å². The van der Waals surface area contributed by atoms with Crippen molar-refractivity contribution in [2.24, 2.45) is 5.11 Å². The molecule has 21 heavy (non-hydrogen) atoms. The number of carbonyl (C=O) groups excluding carboxylic acids is 1. The van der Waals surface area contributed by atoms with Gasteiger partial charge in [0.2, 0.25) is 0 Å². The van der Waals surface area contributed by atoms with Crippen LogP contribution in [0.1, 0.15) is 11.1 Å². The van der Waals surface area contributed by atoms with E-state index in [1.807, 2.05) is 25.1 Å². The van der Waals surface area contributed by atoms with Gasteiger partial charge in [-0.25, -0.2) is 4.79 Å². The lowest BCUT2D eigenvalue weighted by atomic mass is 10.1. The molecule has 0 spiro atoms. The number of benzene rings is 1. The summed E-state index contributed by atoms with van der Waals surface area (Å²) in [6.45, 7) is 0.945. The van der Waals surface area contributed by atoms with Gasteiger partial charge >= 0.3 is 5.97 Å². The summed E-state index contributed by atoms with van der Waals surface area (Å²) >= 11 is 0. The molecule has 0 amide bonds. The van der Waals surface area contributed by atoms with Crippen LogP contribution in [0.3, 0.4) is 0 Å². The van der Waals surface area contributed by atoms with Crippen LogP contribution in [0.4, 0.5) is 5.69 Å². The van der Waals surface area contributed by atoms with Crippen LogP contribution in [0, 0.1) is 11.3 Å². The molecule has 0 aliphatic carbocycles. The van der Waals surface area contributed by atoms with Crippen LogP contribution < -0.4 is 0 Å². The summed E-state index contributed by atoms with van der Waals surface area (Å²) in [5, 5.41) is 12.5. The Labute approximate surface area is 122 Å². The molecule has 7 heteroatoms. The Bertz CT molecular complexity index is 625. The second-order valence-electron chi connectivity index (χ2n) is 4.38. The third-order valence-electron chi connectivity index (χ3n) is 2.50. The van der Waals surface area contributed by atoms with Gasteiger partial charge in [0.05, 0.1) is 11.6 Å². The highest BCUT2D eigenvalue weighted by Crippen LogP contribution is 2.19. The molecule has 0 atom stereocenters. The normalized spacial score (nSPS) is 10.2. The maximum Gasteiger partial charge on any atom is 0.330 e. The van der Waals surface area contributed by atoms with Crippen LogP contribution in [-0.4, -0.2) is 38.1 Å². The number of hydrogen-bond donors (Lipinski definition) is 0. The number of carbonyl (C=O) groups is 1. The SMILES string of the molecule is CN(C)CCOC(=O)/C=C/c1ccc(N=[N+]=[N-])cc1C#N. The summed E-state index contributed by atoms with van der Waals surface area (Å²) in [5.41, 5.74) is 9.57. The fourth-order valence-corrected chi connectivity index (χ4v) is 1.44. The van der Waals surface area contributed by atoms with Crippen LogP contribution in [0.25, 0.3) is 16.5 Å². The molecule has 0 saturated carbocycles. The summed E-state index contributed by atoms with van der Waals surface area (Å²) in [7, 11) is 3.77. The van der Waals surface area contributed by atoms with Crippen molar-refractivity contribution in [3.63, 3.8) is 0 Å². The van der Waals surface area contributed by atoms with Gasteiger partial charge in [0.1, 0.15) is 6.61 Å². The van der Waals surface area contributed by atoms with Crippen molar-refractivity contribution in [1.29, 1.82) is 5.26 Å². The van der Waals surface area contributed by atoms with E-state index in [1.54, 1.807) is 12.1 Å². The Kier molecular flexibility index (Phi) is 6.48. The van der Waals surface area contributed by atoms with E-state index in [0.29, 0.717) is 30.0 Å². The van der Waals surface area contributed by atoms with Gasteiger partial charge in [0, 0.05) is 23.2 Å². The lowest BCUT2D eigenvalue weighted by Gasteiger charge is -2.08. The number of azide groups is 1. The quantitative estimate of drug-likeness (QED) is 0.263. The molecule has 1 rings (SSSR count). The second-order valence-corrected chi connectivity index (χ2v) is 4.38. The van der Waals surface area contributed by atoms with E-state index in [4.69, 9.17) is 15.5 Å². The van der Waals surface area contributed by atoms with Gasteiger partial charge in [-0.05, 0) is 37.3 Å². The number of hydrogen-bond acceptors (Lipinski definition) is 5. The smallest absolute Gasteiger partial charge is 0.330 e. The van der Waals surface area contributed by atoms with E-state index < -0.39 is 5.97 Å². The third-order valence-corrected chi connectivity index (χ3v) is 2.50. The second kappa shape index (κ2) is 8.38. The molecule has 0 unspecified atom stereocenters. The summed E-state index contributed by atoms with van der Waals surface area (Å²) in [6.07, 6.45) is 2.76. The highest BCUT2D eigenvalue weighted by molar-refractivity contribution is 5.87. The van der Waals surface area contributed by atoms with Crippen LogP contribution in [-0.2, 0) is 9.53 Å². The lowest BCUT2D eigenvalue weighted by molar-refractivity contribution is -0.137. The van der Waals surface area contributed by atoms with E-state index in [2.05, 4.69) is 10.0 Å². The minimum atomic E-state index is -0.472. The van der Waals surface area contributed by atoms with Crippen molar-refractivity contribution in [2.75, 3.05) is 27.2 Å². The molecule has 0 aliphatic rings. The van der Waals surface area contributed by atoms with E-state index in [1.165, 1.54) is 18.2 Å². The average molecular weight is 285 g/mol. The largest absolute Gasteiger partial charge is 0.461 e. The molecule has 1 aromatic rings. The fraction of sp³-hybridized carbons (Fsp3) is 0.286. The number of likely N-dealkylation sites (N-methyl/N-ethyl adjacent to an activating group) is 1. The number of rotatable bonds is 6. The van der Waals surface area contributed by atoms with Crippen LogP contribution in [0.2, 0.25) is 0 Å². The zero-order valence-corrected chi connectivity index (χ0v) is 11.9. The molecule has 7 nitrogen and oxygen atoms in total. The summed E-state index contributed by atoms with van der Waals surface area (Å²) in [6, 6.07) is 6.61. The topological polar surface area (TPSA) is 102 Å². The maximum atomic E-state index is 11.5. The van der Waals surface area contributed by atoms with Gasteiger partial charge in [-0.1, -0.05) is 17.2 Å². The number of nitriles is 1. The van der Waals surface area contributed by atoms with Gasteiger partial charge < -0.3 is 9.64 Å². The zero-order chi connectivity index (χ0) is 15.7. The monoisotopic (exact) mass is 285 g/mol. The molecule has 1 aromatic carbocycles. The predicted molar refractivity (Wildman–Crippen MR) is 78.5 cm³/mol. The summed E-state index contributed by atoms with van der Waals surface area (Å²) in [5.74, 6) is -0.472. The summed E-state index contributed by atoms with van der Waals surface area (Å²) in [4.78, 5) is 16.0. The Balaban J connectivity index is 2.74. The minimum absolute atomic E-state index is 0.303. The van der Waals surface area contributed by atoms with Crippen molar-refractivity contribution in [3.05, 3.63) is 45.8 Å². The van der Waals surface area contributed by atoms with E-state index in [-0.39, 0.29) is 0 Å². The van der Waals surface area contributed by atoms with E-state index >= 15 is 0 Å². The molecule has 0 N–H and O–H groups in total. The predicted octanol–water partition coefficient (Wildman–Crippen LogP) is 2.62. The van der Waals surface area contributed by atoms with Crippen molar-refractivity contribution in [1.82, 2.24) is 4.90 Å². The van der Waals surface area contributed by atoms with Gasteiger partial charge in [-0.15, -0.1) is 0 Å². The fourth-order valence-electron chi connectivity index (χ4n) is 1.44. The highest BCUT2D eigenvalue weighted by atomic mass is 16.5. The van der Waals surface area contributed by atoms with Crippen molar-refractivity contribution in [3.8, 4) is 6.07 Å². The first-order valence-electron chi connectivity index (χ1n) is 6.15. The number of nitrogens with zero attached hydrogens (tertiary/aromatic N) is 5. The average Bonchev–Trinajstić information content (AvgIpc) is 2.45. The van der Waals surface area contributed by atoms with E-state index in [0.717, 1.165) is 0 Å². The summed E-state index contributed by atoms with van der Waals surface area (Å²) < 4.78 is 4.99. The zero-order valence-electron chi connectivity index (χ0n) is 11.9. The third kappa shape index (κ3) is 5.78. The van der Waals surface area contributed by atoms with Crippen molar-refractivity contribution < 1.29 is 9.53 Å². The Morgan fingerprint density at radius 3 is 2.95 bits per heavy atom. The molecular weight excluding hydrogens is 270 g/mol. The molecule has 0 radical (unpaired) electrons. The molecule has 0 bridgehead atoms. The van der Waals surface area contributed by atoms with Gasteiger partial charge in [0.25, 0.3) is 0 Å². The van der Waals surface area contributed by atoms with Gasteiger partial charge in [0.15, 0.2) is 0 Å². The Morgan fingerprint density at radius 1 is 1.57 bits per heavy atom. The minimum Gasteiger partial charge on any atom is -0.461 e. The molecule has 108 valence electrons. The van der Waals surface area contributed by atoms with E-state index in [9.17, 15) is 4.79 Å². The Morgan fingerprint density at radius 2 is 2.33 bits per heavy atom. The van der Waals surface area contributed by atoms with Crippen molar-refractivity contribution >= 4 is 17.7 Å². The van der Waals surface area contributed by atoms with Crippen molar-refractivity contribution in [2.45, 2.75) is 0 Å². The first-order chi connectivity index (χ1) is 10.1. The highest BCUT2D eigenvalue weighted by Gasteiger charge is 2.02. The first kappa shape index (κ1) is 16.2. The molecular formula is C14H15N5O2. The van der Waals surface area contributed by atoms with Crippen LogP contribution >= 0.6 is 0 Å². The standard InChI is InChI=1S/C14H15N5O2/c1-19(2)7-8-21-14(20)6-4-11-3-5-13(17-18-16)9-12(11)10-15/h3-6,9H,7-8H2,1-2H3/b6-4+. The number of esters is 1. The Hall–Kier alpha value is -2.81.